The molecule has 0 bridgehead atoms. The minimum absolute atomic E-state index is 0.0869. The Morgan fingerprint density at radius 2 is 2.21 bits per heavy atom. The van der Waals surface area contributed by atoms with Crippen LogP contribution >= 0.6 is 0 Å². The van der Waals surface area contributed by atoms with Gasteiger partial charge in [0.05, 0.1) is 0 Å². The van der Waals surface area contributed by atoms with Crippen molar-refractivity contribution in [2.45, 2.75) is 56.9 Å². The topological polar surface area (TPSA) is 83.8 Å². The molecule has 1 aliphatic carbocycles. The third-order valence-electron chi connectivity index (χ3n) is 3.83. The van der Waals surface area contributed by atoms with Crippen LogP contribution in [-0.2, 0) is 11.2 Å². The van der Waals surface area contributed by atoms with Crippen molar-refractivity contribution in [3.05, 3.63) is 18.2 Å². The first kappa shape index (κ1) is 14.1. The second-order valence-electron chi connectivity index (χ2n) is 5.59. The van der Waals surface area contributed by atoms with Gasteiger partial charge in [-0.3, -0.25) is 4.79 Å². The molecule has 1 amide bonds. The fraction of sp³-hybridized carbons (Fsp3) is 0.714. The molecule has 5 heteroatoms. The van der Waals surface area contributed by atoms with Gasteiger partial charge in [-0.1, -0.05) is 19.3 Å². The van der Waals surface area contributed by atoms with Crippen LogP contribution in [0.4, 0.5) is 0 Å². The molecule has 0 atom stereocenters. The van der Waals surface area contributed by atoms with E-state index in [4.69, 9.17) is 5.73 Å². The summed E-state index contributed by atoms with van der Waals surface area (Å²) in [6, 6.07) is 0. The van der Waals surface area contributed by atoms with E-state index >= 15 is 0 Å². The summed E-state index contributed by atoms with van der Waals surface area (Å²) >= 11 is 0. The molecule has 0 radical (unpaired) electrons. The zero-order chi connectivity index (χ0) is 13.6. The van der Waals surface area contributed by atoms with Crippen molar-refractivity contribution in [3.8, 4) is 0 Å². The highest BCUT2D eigenvalue weighted by Crippen LogP contribution is 2.28. The number of carbonyl (C=O) groups excluding carboxylic acids is 1. The molecule has 1 aromatic heterocycles. The Morgan fingerprint density at radius 1 is 1.42 bits per heavy atom. The summed E-state index contributed by atoms with van der Waals surface area (Å²) in [6.45, 7) is 0.690. The monoisotopic (exact) mass is 264 g/mol. The Morgan fingerprint density at radius 3 is 2.89 bits per heavy atom. The van der Waals surface area contributed by atoms with Gasteiger partial charge >= 0.3 is 0 Å². The van der Waals surface area contributed by atoms with Crippen LogP contribution in [0.15, 0.2) is 12.4 Å². The third kappa shape index (κ3) is 4.67. The molecule has 0 unspecified atom stereocenters. The number of H-pyrrole nitrogens is 1. The van der Waals surface area contributed by atoms with Gasteiger partial charge in [0, 0.05) is 37.3 Å². The van der Waals surface area contributed by atoms with Gasteiger partial charge in [-0.05, 0) is 19.3 Å². The number of hydrogen-bond acceptors (Lipinski definition) is 3. The number of aryl methyl sites for hydroxylation is 1. The lowest BCUT2D eigenvalue weighted by Gasteiger charge is -2.32. The zero-order valence-corrected chi connectivity index (χ0v) is 11.5. The fourth-order valence-electron chi connectivity index (χ4n) is 2.73. The van der Waals surface area contributed by atoms with Gasteiger partial charge in [-0.2, -0.15) is 0 Å². The number of aromatic nitrogens is 2. The van der Waals surface area contributed by atoms with Crippen molar-refractivity contribution in [2.75, 3.05) is 6.54 Å². The maximum atomic E-state index is 11.9. The molecule has 1 aromatic rings. The number of carbonyl (C=O) groups is 1. The first-order valence-electron chi connectivity index (χ1n) is 7.22. The molecule has 0 saturated heterocycles. The molecule has 106 valence electrons. The van der Waals surface area contributed by atoms with Crippen LogP contribution in [0.5, 0.6) is 0 Å². The van der Waals surface area contributed by atoms with Gasteiger partial charge in [0.25, 0.3) is 0 Å². The van der Waals surface area contributed by atoms with E-state index in [-0.39, 0.29) is 11.4 Å². The van der Waals surface area contributed by atoms with Crippen LogP contribution in [0.1, 0.15) is 50.8 Å². The number of rotatable bonds is 6. The molecule has 5 nitrogen and oxygen atoms in total. The highest BCUT2D eigenvalue weighted by Gasteiger charge is 2.29. The summed E-state index contributed by atoms with van der Waals surface area (Å²) in [4.78, 5) is 19.1. The molecule has 2 rings (SSSR count). The van der Waals surface area contributed by atoms with Gasteiger partial charge in [0.1, 0.15) is 5.82 Å². The molecule has 4 N–H and O–H groups in total. The number of amides is 1. The summed E-state index contributed by atoms with van der Waals surface area (Å²) in [5.41, 5.74) is 6.00. The first-order chi connectivity index (χ1) is 9.18. The van der Waals surface area contributed by atoms with Crippen molar-refractivity contribution in [3.63, 3.8) is 0 Å². The molecule has 1 heterocycles. The molecule has 0 spiro atoms. The van der Waals surface area contributed by atoms with E-state index in [2.05, 4.69) is 15.3 Å². The van der Waals surface area contributed by atoms with Crippen LogP contribution in [-0.4, -0.2) is 28.0 Å². The maximum absolute atomic E-state index is 11.9. The van der Waals surface area contributed by atoms with Crippen LogP contribution in [0.2, 0.25) is 0 Å². The van der Waals surface area contributed by atoms with E-state index in [1.807, 2.05) is 6.20 Å². The van der Waals surface area contributed by atoms with Crippen molar-refractivity contribution >= 4 is 5.91 Å². The van der Waals surface area contributed by atoms with E-state index in [9.17, 15) is 4.79 Å². The molecule has 0 aromatic carbocycles. The van der Waals surface area contributed by atoms with Gasteiger partial charge in [-0.15, -0.1) is 0 Å². The SMILES string of the molecule is NC1(CC(=O)NCCCc2ncc[nH]2)CCCCC1. The molecule has 1 fully saturated rings. The van der Waals surface area contributed by atoms with E-state index in [1.165, 1.54) is 6.42 Å². The number of nitrogens with zero attached hydrogens (tertiary/aromatic N) is 1. The van der Waals surface area contributed by atoms with Crippen LogP contribution < -0.4 is 11.1 Å². The van der Waals surface area contributed by atoms with E-state index < -0.39 is 0 Å². The molecular weight excluding hydrogens is 240 g/mol. The Bertz CT molecular complexity index is 382. The quantitative estimate of drug-likeness (QED) is 0.681. The molecule has 0 aliphatic heterocycles. The molecular formula is C14H24N4O. The first-order valence-corrected chi connectivity index (χ1v) is 7.22. The van der Waals surface area contributed by atoms with E-state index in [1.54, 1.807) is 6.20 Å². The molecule has 1 aliphatic rings. The van der Waals surface area contributed by atoms with Crippen molar-refractivity contribution in [2.24, 2.45) is 5.73 Å². The number of hydrogen-bond donors (Lipinski definition) is 3. The second kappa shape index (κ2) is 6.70. The Kier molecular flexibility index (Phi) is 4.96. The maximum Gasteiger partial charge on any atom is 0.221 e. The van der Waals surface area contributed by atoms with E-state index in [0.29, 0.717) is 13.0 Å². The smallest absolute Gasteiger partial charge is 0.221 e. The summed E-state index contributed by atoms with van der Waals surface area (Å²) in [5.74, 6) is 1.06. The fourth-order valence-corrected chi connectivity index (χ4v) is 2.73. The van der Waals surface area contributed by atoms with Crippen molar-refractivity contribution < 1.29 is 4.79 Å². The Hall–Kier alpha value is -1.36. The molecule has 1 saturated carbocycles. The highest BCUT2D eigenvalue weighted by atomic mass is 16.1. The van der Waals surface area contributed by atoms with Gasteiger partial charge < -0.3 is 16.0 Å². The van der Waals surface area contributed by atoms with Crippen molar-refractivity contribution in [1.82, 2.24) is 15.3 Å². The normalized spacial score (nSPS) is 18.2. The van der Waals surface area contributed by atoms with Crippen LogP contribution in [0.25, 0.3) is 0 Å². The van der Waals surface area contributed by atoms with Gasteiger partial charge in [0.15, 0.2) is 0 Å². The predicted molar refractivity (Wildman–Crippen MR) is 74.5 cm³/mol. The summed E-state index contributed by atoms with van der Waals surface area (Å²) < 4.78 is 0. The number of imidazole rings is 1. The lowest BCUT2D eigenvalue weighted by atomic mass is 9.80. The van der Waals surface area contributed by atoms with Gasteiger partial charge in [0.2, 0.25) is 5.91 Å². The predicted octanol–water partition coefficient (Wildman–Crippen LogP) is 1.51. The van der Waals surface area contributed by atoms with Crippen molar-refractivity contribution in [1.29, 1.82) is 0 Å². The third-order valence-corrected chi connectivity index (χ3v) is 3.83. The summed E-state index contributed by atoms with van der Waals surface area (Å²) in [5, 5.41) is 2.96. The standard InChI is InChI=1S/C14H24N4O/c15-14(6-2-1-3-7-14)11-13(19)18-8-4-5-12-16-9-10-17-12/h9-10H,1-8,11,15H2,(H,16,17)(H,18,19). The average molecular weight is 264 g/mol. The second-order valence-corrected chi connectivity index (χ2v) is 5.59. The van der Waals surface area contributed by atoms with Crippen LogP contribution in [0.3, 0.4) is 0 Å². The zero-order valence-electron chi connectivity index (χ0n) is 11.5. The lowest BCUT2D eigenvalue weighted by Crippen LogP contribution is -2.46. The molecule has 19 heavy (non-hydrogen) atoms. The van der Waals surface area contributed by atoms with Crippen LogP contribution in [0, 0.1) is 0 Å². The number of nitrogens with one attached hydrogen (secondary N) is 2. The lowest BCUT2D eigenvalue weighted by molar-refractivity contribution is -0.122. The minimum Gasteiger partial charge on any atom is -0.356 e. The number of nitrogens with two attached hydrogens (primary N) is 1. The summed E-state index contributed by atoms with van der Waals surface area (Å²) in [7, 11) is 0. The Labute approximate surface area is 114 Å². The average Bonchev–Trinajstić information content (AvgIpc) is 2.88. The highest BCUT2D eigenvalue weighted by molar-refractivity contribution is 5.77. The Balaban J connectivity index is 1.61. The number of aromatic amines is 1. The van der Waals surface area contributed by atoms with E-state index in [0.717, 1.165) is 44.3 Å². The van der Waals surface area contributed by atoms with Gasteiger partial charge in [-0.25, -0.2) is 4.98 Å². The minimum atomic E-state index is -0.261. The summed E-state index contributed by atoms with van der Waals surface area (Å²) in [6.07, 6.45) is 11.3. The largest absolute Gasteiger partial charge is 0.356 e.